The maximum absolute atomic E-state index is 2.53. The van der Waals surface area contributed by atoms with E-state index in [-0.39, 0.29) is 0 Å². The summed E-state index contributed by atoms with van der Waals surface area (Å²) in [5.41, 5.74) is 15.2. The van der Waals surface area contributed by atoms with Crippen LogP contribution in [0.5, 0.6) is 0 Å². The van der Waals surface area contributed by atoms with E-state index in [9.17, 15) is 0 Å². The molecule has 10 rings (SSSR count). The molecule has 0 heterocycles. The molecule has 0 aliphatic heterocycles. The first kappa shape index (κ1) is 34.0. The van der Waals surface area contributed by atoms with Crippen LogP contribution in [0.2, 0.25) is 0 Å². The van der Waals surface area contributed by atoms with Crippen molar-refractivity contribution in [3.63, 3.8) is 0 Å². The van der Waals surface area contributed by atoms with Crippen molar-refractivity contribution in [2.45, 2.75) is 0 Å². The number of hydrogen-bond donors (Lipinski definition) is 0. The van der Waals surface area contributed by atoms with Crippen molar-refractivity contribution < 1.29 is 0 Å². The number of anilines is 3. The van der Waals surface area contributed by atoms with E-state index in [4.69, 9.17) is 0 Å². The lowest BCUT2D eigenvalue weighted by Gasteiger charge is -2.32. The second kappa shape index (κ2) is 15.0. The summed E-state index contributed by atoms with van der Waals surface area (Å²) in [6, 6.07) is 85.8. The summed E-state index contributed by atoms with van der Waals surface area (Å²) in [4.78, 5) is 2.53. The van der Waals surface area contributed by atoms with Gasteiger partial charge in [-0.1, -0.05) is 218 Å². The Balaban J connectivity index is 1.38. The molecule has 0 bridgehead atoms. The van der Waals surface area contributed by atoms with Gasteiger partial charge in [-0.25, -0.2) is 0 Å². The molecule has 0 atom stereocenters. The predicted octanol–water partition coefficient (Wildman–Crippen LogP) is 15.8. The minimum atomic E-state index is 1.09. The summed E-state index contributed by atoms with van der Waals surface area (Å²) >= 11 is 0. The average Bonchev–Trinajstić information content (AvgIpc) is 3.30. The van der Waals surface area contributed by atoms with E-state index >= 15 is 0 Å². The molecule has 0 aliphatic rings. The van der Waals surface area contributed by atoms with E-state index in [1.165, 1.54) is 49.4 Å². The van der Waals surface area contributed by atoms with Crippen molar-refractivity contribution in [3.8, 4) is 55.6 Å². The molecule has 0 radical (unpaired) electrons. The van der Waals surface area contributed by atoms with Gasteiger partial charge in [0, 0.05) is 22.2 Å². The zero-order chi connectivity index (χ0) is 38.0. The summed E-state index contributed by atoms with van der Waals surface area (Å²) in [5.74, 6) is 0. The van der Waals surface area contributed by atoms with Crippen molar-refractivity contribution in [3.05, 3.63) is 237 Å². The molecule has 0 saturated heterocycles. The Hall–Kier alpha value is -7.48. The molecule has 0 amide bonds. The first-order chi connectivity index (χ1) is 28.3. The SMILES string of the molecule is c1ccc(-c2cccc(N(c3c(-c4ccccc4)cccc3-c3ccccc3)c3cccc4c(-c5ccccc5)c(-c5ccccc5)c5ccccc5c34)c2)cc1. The van der Waals surface area contributed by atoms with Gasteiger partial charge in [0.05, 0.1) is 11.4 Å². The van der Waals surface area contributed by atoms with E-state index in [0.717, 1.165) is 44.9 Å². The quantitative estimate of drug-likeness (QED) is 0.141. The number of fused-ring (bicyclic) bond motifs is 3. The Kier molecular flexibility index (Phi) is 8.95. The van der Waals surface area contributed by atoms with Gasteiger partial charge < -0.3 is 4.90 Å². The summed E-state index contributed by atoms with van der Waals surface area (Å²) in [7, 11) is 0. The van der Waals surface area contributed by atoms with Crippen LogP contribution in [0.1, 0.15) is 0 Å². The Morgan fingerprint density at radius 1 is 0.263 bits per heavy atom. The maximum atomic E-state index is 2.53. The predicted molar refractivity (Wildman–Crippen MR) is 243 cm³/mol. The van der Waals surface area contributed by atoms with Crippen LogP contribution in [0.25, 0.3) is 77.2 Å². The van der Waals surface area contributed by atoms with Gasteiger partial charge in [0.25, 0.3) is 0 Å². The fourth-order valence-electron chi connectivity index (χ4n) is 8.55. The molecule has 10 aromatic carbocycles. The Morgan fingerprint density at radius 3 is 1.23 bits per heavy atom. The van der Waals surface area contributed by atoms with Crippen molar-refractivity contribution in [2.75, 3.05) is 4.90 Å². The monoisotopic (exact) mass is 725 g/mol. The third kappa shape index (κ3) is 6.26. The van der Waals surface area contributed by atoms with E-state index in [2.05, 4.69) is 241 Å². The maximum Gasteiger partial charge on any atom is 0.0618 e. The molecule has 0 saturated carbocycles. The summed E-state index contributed by atoms with van der Waals surface area (Å²) in [6.45, 7) is 0. The molecule has 0 aromatic heterocycles. The van der Waals surface area contributed by atoms with Crippen molar-refractivity contribution >= 4 is 38.6 Å². The summed E-state index contributed by atoms with van der Waals surface area (Å²) < 4.78 is 0. The van der Waals surface area contributed by atoms with Gasteiger partial charge in [-0.15, -0.1) is 0 Å². The smallest absolute Gasteiger partial charge is 0.0618 e. The van der Waals surface area contributed by atoms with E-state index < -0.39 is 0 Å². The van der Waals surface area contributed by atoms with Crippen molar-refractivity contribution in [1.29, 1.82) is 0 Å². The van der Waals surface area contributed by atoms with Crippen molar-refractivity contribution in [2.24, 2.45) is 0 Å². The molecular formula is C56H39N. The van der Waals surface area contributed by atoms with Gasteiger partial charge in [0.15, 0.2) is 0 Å². The molecule has 1 heteroatoms. The normalized spacial score (nSPS) is 11.2. The highest BCUT2D eigenvalue weighted by Gasteiger charge is 2.26. The second-order valence-corrected chi connectivity index (χ2v) is 14.4. The Morgan fingerprint density at radius 2 is 0.667 bits per heavy atom. The number of benzene rings is 10. The van der Waals surface area contributed by atoms with Crippen molar-refractivity contribution in [1.82, 2.24) is 0 Å². The Labute approximate surface area is 334 Å². The van der Waals surface area contributed by atoms with Crippen LogP contribution >= 0.6 is 0 Å². The first-order valence-electron chi connectivity index (χ1n) is 19.6. The first-order valence-corrected chi connectivity index (χ1v) is 19.6. The number of hydrogen-bond acceptors (Lipinski definition) is 1. The van der Waals surface area contributed by atoms with Crippen LogP contribution in [-0.4, -0.2) is 0 Å². The van der Waals surface area contributed by atoms with Crippen LogP contribution in [0.3, 0.4) is 0 Å². The molecule has 0 fully saturated rings. The van der Waals surface area contributed by atoms with Gasteiger partial charge >= 0.3 is 0 Å². The largest absolute Gasteiger partial charge is 0.309 e. The van der Waals surface area contributed by atoms with Gasteiger partial charge in [-0.3, -0.25) is 0 Å². The van der Waals surface area contributed by atoms with Gasteiger partial charge in [-0.2, -0.15) is 0 Å². The average molecular weight is 726 g/mol. The zero-order valence-electron chi connectivity index (χ0n) is 31.5. The third-order valence-corrected chi connectivity index (χ3v) is 11.0. The molecule has 57 heavy (non-hydrogen) atoms. The highest BCUT2D eigenvalue weighted by atomic mass is 15.1. The van der Waals surface area contributed by atoms with E-state index in [0.29, 0.717) is 0 Å². The van der Waals surface area contributed by atoms with Crippen LogP contribution in [0.4, 0.5) is 17.1 Å². The number of para-hydroxylation sites is 1. The summed E-state index contributed by atoms with van der Waals surface area (Å²) in [6.07, 6.45) is 0. The van der Waals surface area contributed by atoms with Gasteiger partial charge in [0.2, 0.25) is 0 Å². The third-order valence-electron chi connectivity index (χ3n) is 11.0. The van der Waals surface area contributed by atoms with Gasteiger partial charge in [-0.05, 0) is 78.9 Å². The minimum Gasteiger partial charge on any atom is -0.309 e. The topological polar surface area (TPSA) is 3.24 Å². The van der Waals surface area contributed by atoms with Crippen LogP contribution in [0.15, 0.2) is 237 Å². The second-order valence-electron chi connectivity index (χ2n) is 14.4. The molecule has 0 unspecified atom stereocenters. The minimum absolute atomic E-state index is 1.09. The molecule has 1 nitrogen and oxygen atoms in total. The molecule has 0 N–H and O–H groups in total. The van der Waals surface area contributed by atoms with E-state index in [1.54, 1.807) is 0 Å². The zero-order valence-corrected chi connectivity index (χ0v) is 31.5. The number of nitrogens with zero attached hydrogens (tertiary/aromatic N) is 1. The Bertz CT molecular complexity index is 2920. The van der Waals surface area contributed by atoms with Crippen LogP contribution < -0.4 is 4.90 Å². The lowest BCUT2D eigenvalue weighted by atomic mass is 9.84. The highest BCUT2D eigenvalue weighted by Crippen LogP contribution is 2.52. The molecule has 268 valence electrons. The van der Waals surface area contributed by atoms with Gasteiger partial charge in [0.1, 0.15) is 0 Å². The lowest BCUT2D eigenvalue weighted by Crippen LogP contribution is -2.13. The fraction of sp³-hybridized carbons (Fsp3) is 0. The fourth-order valence-corrected chi connectivity index (χ4v) is 8.55. The lowest BCUT2D eigenvalue weighted by molar-refractivity contribution is 1.30. The van der Waals surface area contributed by atoms with Crippen LogP contribution in [0, 0.1) is 0 Å². The molecule has 0 aliphatic carbocycles. The van der Waals surface area contributed by atoms with Crippen LogP contribution in [-0.2, 0) is 0 Å². The highest BCUT2D eigenvalue weighted by molar-refractivity contribution is 6.26. The molecule has 10 aromatic rings. The number of rotatable bonds is 8. The molecular weight excluding hydrogens is 687 g/mol. The standard InChI is InChI=1S/C56H39N/c1-6-21-40(22-7-1)45-31-18-32-46(39-45)57(56-47(41-23-8-2-9-24-41)35-19-36-48(56)42-25-10-3-11-26-42)52-38-20-37-51-54(44-29-14-5-15-30-44)53(43-27-12-4-13-28-43)49-33-16-17-34-50(49)55(51)52/h1-39H. The molecule has 0 spiro atoms. The van der Waals surface area contributed by atoms with E-state index in [1.807, 2.05) is 0 Å². The summed E-state index contributed by atoms with van der Waals surface area (Å²) in [5, 5.41) is 4.85.